The Hall–Kier alpha value is -0.520. The fourth-order valence-electron chi connectivity index (χ4n) is 1.68. The van der Waals surface area contributed by atoms with E-state index in [4.69, 9.17) is 6.42 Å². The molecule has 13 heavy (non-hydrogen) atoms. The molecule has 2 nitrogen and oxygen atoms in total. The van der Waals surface area contributed by atoms with Crippen molar-refractivity contribution >= 4 is 0 Å². The maximum Gasteiger partial charge on any atom is 0.0712 e. The number of hydrogen-bond donors (Lipinski definition) is 2. The van der Waals surface area contributed by atoms with Gasteiger partial charge in [-0.15, -0.1) is 6.42 Å². The van der Waals surface area contributed by atoms with Gasteiger partial charge in [0.1, 0.15) is 0 Å². The van der Waals surface area contributed by atoms with Crippen molar-refractivity contribution in [2.24, 2.45) is 5.92 Å². The first kappa shape index (κ1) is 10.6. The van der Waals surface area contributed by atoms with Gasteiger partial charge in [-0.3, -0.25) is 0 Å². The SMILES string of the molecule is C#CC(NC1CCNCC1)C(C)C. The van der Waals surface area contributed by atoms with E-state index in [1.165, 1.54) is 12.8 Å². The van der Waals surface area contributed by atoms with Crippen molar-refractivity contribution in [2.45, 2.75) is 38.8 Å². The van der Waals surface area contributed by atoms with E-state index < -0.39 is 0 Å². The molecule has 2 N–H and O–H groups in total. The molecule has 74 valence electrons. The summed E-state index contributed by atoms with van der Waals surface area (Å²) in [5, 5.41) is 6.87. The van der Waals surface area contributed by atoms with Crippen LogP contribution in [0.4, 0.5) is 0 Å². The number of terminal acetylenes is 1. The molecule has 0 aromatic rings. The maximum absolute atomic E-state index is 5.46. The van der Waals surface area contributed by atoms with Gasteiger partial charge in [-0.25, -0.2) is 0 Å². The van der Waals surface area contributed by atoms with E-state index in [9.17, 15) is 0 Å². The van der Waals surface area contributed by atoms with Crippen LogP contribution in [-0.2, 0) is 0 Å². The molecule has 0 bridgehead atoms. The lowest BCUT2D eigenvalue weighted by atomic mass is 10.0. The molecule has 1 heterocycles. The van der Waals surface area contributed by atoms with Gasteiger partial charge in [0.2, 0.25) is 0 Å². The highest BCUT2D eigenvalue weighted by Crippen LogP contribution is 2.07. The lowest BCUT2D eigenvalue weighted by Crippen LogP contribution is -2.45. The number of nitrogens with one attached hydrogen (secondary N) is 2. The summed E-state index contributed by atoms with van der Waals surface area (Å²) in [4.78, 5) is 0. The standard InChI is InChI=1S/C11H20N2/c1-4-11(9(2)3)13-10-5-7-12-8-6-10/h1,9-13H,5-8H2,2-3H3. The average Bonchev–Trinajstić information content (AvgIpc) is 2.15. The van der Waals surface area contributed by atoms with Crippen LogP contribution in [-0.4, -0.2) is 25.2 Å². The smallest absolute Gasteiger partial charge is 0.0712 e. The van der Waals surface area contributed by atoms with E-state index in [0.717, 1.165) is 13.1 Å². The monoisotopic (exact) mass is 180 g/mol. The van der Waals surface area contributed by atoms with Crippen LogP contribution in [0.5, 0.6) is 0 Å². The van der Waals surface area contributed by atoms with Crippen LogP contribution in [0.2, 0.25) is 0 Å². The number of hydrogen-bond acceptors (Lipinski definition) is 2. The zero-order valence-corrected chi connectivity index (χ0v) is 8.64. The molecular formula is C11H20N2. The Balaban J connectivity index is 2.32. The normalized spacial score (nSPS) is 21.4. The summed E-state index contributed by atoms with van der Waals surface area (Å²) in [5.74, 6) is 3.34. The first-order chi connectivity index (χ1) is 6.24. The molecule has 0 aliphatic carbocycles. The molecule has 0 aromatic heterocycles. The average molecular weight is 180 g/mol. The fourth-order valence-corrected chi connectivity index (χ4v) is 1.68. The van der Waals surface area contributed by atoms with Crippen molar-refractivity contribution in [3.8, 4) is 12.3 Å². The molecule has 0 aromatic carbocycles. The Bertz CT molecular complexity index is 175. The van der Waals surface area contributed by atoms with Gasteiger partial charge in [0.05, 0.1) is 6.04 Å². The van der Waals surface area contributed by atoms with Gasteiger partial charge in [-0.1, -0.05) is 19.8 Å². The molecule has 1 aliphatic rings. The topological polar surface area (TPSA) is 24.1 Å². The first-order valence-electron chi connectivity index (χ1n) is 5.17. The second-order valence-corrected chi connectivity index (χ2v) is 4.08. The highest BCUT2D eigenvalue weighted by atomic mass is 15.0. The summed E-state index contributed by atoms with van der Waals surface area (Å²) in [6, 6.07) is 0.854. The van der Waals surface area contributed by atoms with Crippen LogP contribution in [0.25, 0.3) is 0 Å². The van der Waals surface area contributed by atoms with Gasteiger partial charge in [0.15, 0.2) is 0 Å². The van der Waals surface area contributed by atoms with E-state index in [0.29, 0.717) is 12.0 Å². The second kappa shape index (κ2) is 5.26. The molecule has 1 saturated heterocycles. The lowest BCUT2D eigenvalue weighted by molar-refractivity contribution is 0.341. The van der Waals surface area contributed by atoms with Crippen LogP contribution >= 0.6 is 0 Å². The Labute approximate surface area is 81.5 Å². The molecule has 1 unspecified atom stereocenters. The highest BCUT2D eigenvalue weighted by Gasteiger charge is 2.17. The molecule has 0 spiro atoms. The van der Waals surface area contributed by atoms with Crippen molar-refractivity contribution < 1.29 is 0 Å². The van der Waals surface area contributed by atoms with E-state index in [1.807, 2.05) is 0 Å². The molecule has 1 rings (SSSR count). The molecule has 1 fully saturated rings. The highest BCUT2D eigenvalue weighted by molar-refractivity contribution is 5.01. The van der Waals surface area contributed by atoms with Crippen molar-refractivity contribution in [3.63, 3.8) is 0 Å². The Morgan fingerprint density at radius 2 is 2.00 bits per heavy atom. The van der Waals surface area contributed by atoms with Crippen LogP contribution in [0.1, 0.15) is 26.7 Å². The minimum atomic E-state index is 0.239. The summed E-state index contributed by atoms with van der Waals surface area (Å²) >= 11 is 0. The minimum absolute atomic E-state index is 0.239. The molecule has 1 atom stereocenters. The number of rotatable bonds is 3. The fraction of sp³-hybridized carbons (Fsp3) is 0.818. The summed E-state index contributed by atoms with van der Waals surface area (Å²) < 4.78 is 0. The van der Waals surface area contributed by atoms with Crippen molar-refractivity contribution in [1.82, 2.24) is 10.6 Å². The van der Waals surface area contributed by atoms with Gasteiger partial charge >= 0.3 is 0 Å². The van der Waals surface area contributed by atoms with Crippen LogP contribution < -0.4 is 10.6 Å². The zero-order valence-electron chi connectivity index (χ0n) is 8.64. The summed E-state index contributed by atoms with van der Waals surface area (Å²) in [6.07, 6.45) is 7.86. The Morgan fingerprint density at radius 1 is 1.38 bits per heavy atom. The lowest BCUT2D eigenvalue weighted by Gasteiger charge is -2.28. The minimum Gasteiger partial charge on any atom is -0.317 e. The van der Waals surface area contributed by atoms with Gasteiger partial charge in [0.25, 0.3) is 0 Å². The number of piperidine rings is 1. The van der Waals surface area contributed by atoms with Gasteiger partial charge < -0.3 is 10.6 Å². The third kappa shape index (κ3) is 3.38. The molecule has 0 radical (unpaired) electrons. The molecule has 0 saturated carbocycles. The van der Waals surface area contributed by atoms with E-state index >= 15 is 0 Å². The Kier molecular flexibility index (Phi) is 4.27. The van der Waals surface area contributed by atoms with E-state index in [2.05, 4.69) is 30.4 Å². The van der Waals surface area contributed by atoms with E-state index in [1.54, 1.807) is 0 Å². The van der Waals surface area contributed by atoms with Crippen molar-refractivity contribution in [1.29, 1.82) is 0 Å². The van der Waals surface area contributed by atoms with Crippen LogP contribution in [0, 0.1) is 18.3 Å². The van der Waals surface area contributed by atoms with Gasteiger partial charge in [0, 0.05) is 6.04 Å². The summed E-state index contributed by atoms with van der Waals surface area (Å²) in [5.41, 5.74) is 0. The summed E-state index contributed by atoms with van der Waals surface area (Å²) in [6.45, 7) is 6.57. The molecule has 1 aliphatic heterocycles. The van der Waals surface area contributed by atoms with Crippen molar-refractivity contribution in [3.05, 3.63) is 0 Å². The predicted molar refractivity (Wildman–Crippen MR) is 56.5 cm³/mol. The second-order valence-electron chi connectivity index (χ2n) is 4.08. The third-order valence-electron chi connectivity index (χ3n) is 2.60. The zero-order chi connectivity index (χ0) is 9.68. The quantitative estimate of drug-likeness (QED) is 0.633. The first-order valence-corrected chi connectivity index (χ1v) is 5.17. The van der Waals surface area contributed by atoms with Gasteiger partial charge in [-0.05, 0) is 31.8 Å². The molecule has 0 amide bonds. The van der Waals surface area contributed by atoms with Crippen molar-refractivity contribution in [2.75, 3.05) is 13.1 Å². The van der Waals surface area contributed by atoms with Gasteiger partial charge in [-0.2, -0.15) is 0 Å². The maximum atomic E-state index is 5.46. The largest absolute Gasteiger partial charge is 0.317 e. The van der Waals surface area contributed by atoms with Crippen LogP contribution in [0.15, 0.2) is 0 Å². The third-order valence-corrected chi connectivity index (χ3v) is 2.60. The predicted octanol–water partition coefficient (Wildman–Crippen LogP) is 0.986. The molecule has 2 heteroatoms. The Morgan fingerprint density at radius 3 is 2.46 bits per heavy atom. The molecular weight excluding hydrogens is 160 g/mol. The summed E-state index contributed by atoms with van der Waals surface area (Å²) in [7, 11) is 0. The van der Waals surface area contributed by atoms with E-state index in [-0.39, 0.29) is 6.04 Å². The van der Waals surface area contributed by atoms with Crippen LogP contribution in [0.3, 0.4) is 0 Å².